The lowest BCUT2D eigenvalue weighted by Gasteiger charge is -2.25. The third-order valence-corrected chi connectivity index (χ3v) is 4.57. The molecule has 0 aromatic heterocycles. The Labute approximate surface area is 154 Å². The van der Waals surface area contributed by atoms with Crippen LogP contribution >= 0.6 is 0 Å². The number of rotatable bonds is 7. The highest BCUT2D eigenvalue weighted by atomic mass is 16.5. The summed E-state index contributed by atoms with van der Waals surface area (Å²) in [6.45, 7) is 3.29. The van der Waals surface area contributed by atoms with Gasteiger partial charge in [-0.2, -0.15) is 0 Å². The predicted molar refractivity (Wildman–Crippen MR) is 102 cm³/mol. The fraction of sp³-hybridized carbons (Fsp3) is 0.381. The third kappa shape index (κ3) is 4.55. The maximum atomic E-state index is 12.2. The Morgan fingerprint density at radius 2 is 2.12 bits per heavy atom. The zero-order chi connectivity index (χ0) is 18.5. The standard InChI is InChI=1S/C21H26N2O3/c1-15-5-4-6-18(11-15)26-14-21(24)22-13-19(23(2)3)16-7-8-20-17(12-16)9-10-25-20/h4-8,11-12,19H,9-10,13-14H2,1-3H3,(H,22,24). The molecule has 0 bridgehead atoms. The zero-order valence-electron chi connectivity index (χ0n) is 15.6. The fourth-order valence-electron chi connectivity index (χ4n) is 3.13. The molecule has 2 aromatic rings. The van der Waals surface area contributed by atoms with Crippen molar-refractivity contribution in [3.8, 4) is 11.5 Å². The Morgan fingerprint density at radius 1 is 1.27 bits per heavy atom. The second kappa shape index (κ2) is 8.23. The SMILES string of the molecule is Cc1cccc(OCC(=O)NCC(c2ccc3c(c2)CCO3)N(C)C)c1. The van der Waals surface area contributed by atoms with Crippen molar-refractivity contribution in [2.24, 2.45) is 0 Å². The monoisotopic (exact) mass is 354 g/mol. The van der Waals surface area contributed by atoms with Gasteiger partial charge in [-0.25, -0.2) is 0 Å². The highest BCUT2D eigenvalue weighted by Gasteiger charge is 2.19. The van der Waals surface area contributed by atoms with Crippen molar-refractivity contribution in [2.45, 2.75) is 19.4 Å². The van der Waals surface area contributed by atoms with Gasteiger partial charge in [0.1, 0.15) is 11.5 Å². The number of likely N-dealkylation sites (N-methyl/N-ethyl adjacent to an activating group) is 1. The molecule has 1 aliphatic heterocycles. The van der Waals surface area contributed by atoms with Gasteiger partial charge in [-0.3, -0.25) is 4.79 Å². The molecule has 1 unspecified atom stereocenters. The molecule has 3 rings (SSSR count). The van der Waals surface area contributed by atoms with Crippen molar-refractivity contribution in [1.29, 1.82) is 0 Å². The Hall–Kier alpha value is -2.53. The molecule has 1 N–H and O–H groups in total. The van der Waals surface area contributed by atoms with Gasteiger partial charge < -0.3 is 19.7 Å². The van der Waals surface area contributed by atoms with Crippen LogP contribution in [0.1, 0.15) is 22.7 Å². The van der Waals surface area contributed by atoms with Crippen LogP contribution in [0.25, 0.3) is 0 Å². The van der Waals surface area contributed by atoms with Crippen molar-refractivity contribution in [2.75, 3.05) is 33.9 Å². The number of benzene rings is 2. The van der Waals surface area contributed by atoms with Crippen molar-refractivity contribution >= 4 is 5.91 Å². The predicted octanol–water partition coefficient (Wildman–Crippen LogP) is 2.73. The van der Waals surface area contributed by atoms with E-state index in [1.807, 2.05) is 51.4 Å². The van der Waals surface area contributed by atoms with Crippen LogP contribution in [0.2, 0.25) is 0 Å². The van der Waals surface area contributed by atoms with Gasteiger partial charge in [-0.1, -0.05) is 24.3 Å². The molecule has 0 saturated carbocycles. The largest absolute Gasteiger partial charge is 0.493 e. The first-order valence-electron chi connectivity index (χ1n) is 8.91. The van der Waals surface area contributed by atoms with Crippen LogP contribution in [0, 0.1) is 6.92 Å². The summed E-state index contributed by atoms with van der Waals surface area (Å²) >= 11 is 0. The van der Waals surface area contributed by atoms with E-state index in [1.54, 1.807) is 0 Å². The summed E-state index contributed by atoms with van der Waals surface area (Å²) < 4.78 is 11.1. The number of hydrogen-bond acceptors (Lipinski definition) is 4. The van der Waals surface area contributed by atoms with Crippen LogP contribution in [-0.2, 0) is 11.2 Å². The molecule has 0 fully saturated rings. The van der Waals surface area contributed by atoms with E-state index in [2.05, 4.69) is 22.3 Å². The molecule has 2 aromatic carbocycles. The maximum absolute atomic E-state index is 12.2. The van der Waals surface area contributed by atoms with Gasteiger partial charge in [0, 0.05) is 13.0 Å². The fourth-order valence-corrected chi connectivity index (χ4v) is 3.13. The van der Waals surface area contributed by atoms with Gasteiger partial charge in [-0.15, -0.1) is 0 Å². The van der Waals surface area contributed by atoms with Gasteiger partial charge in [0.2, 0.25) is 0 Å². The summed E-state index contributed by atoms with van der Waals surface area (Å²) in [5.74, 6) is 1.56. The molecule has 0 spiro atoms. The number of nitrogens with one attached hydrogen (secondary N) is 1. The number of amides is 1. The highest BCUT2D eigenvalue weighted by Crippen LogP contribution is 2.29. The summed E-state index contributed by atoms with van der Waals surface area (Å²) in [7, 11) is 4.04. The number of aryl methyl sites for hydroxylation is 1. The molecule has 1 heterocycles. The lowest BCUT2D eigenvalue weighted by atomic mass is 10.0. The number of carbonyl (C=O) groups excluding carboxylic acids is 1. The van der Waals surface area contributed by atoms with E-state index in [1.165, 1.54) is 11.1 Å². The Kier molecular flexibility index (Phi) is 5.78. The average molecular weight is 354 g/mol. The van der Waals surface area contributed by atoms with Crippen LogP contribution < -0.4 is 14.8 Å². The number of nitrogens with zero attached hydrogens (tertiary/aromatic N) is 1. The zero-order valence-corrected chi connectivity index (χ0v) is 15.6. The second-order valence-electron chi connectivity index (χ2n) is 6.85. The van der Waals surface area contributed by atoms with E-state index in [0.29, 0.717) is 12.3 Å². The lowest BCUT2D eigenvalue weighted by molar-refractivity contribution is -0.123. The summed E-state index contributed by atoms with van der Waals surface area (Å²) in [5, 5.41) is 2.98. The second-order valence-corrected chi connectivity index (χ2v) is 6.85. The molecule has 138 valence electrons. The number of fused-ring (bicyclic) bond motifs is 1. The van der Waals surface area contributed by atoms with E-state index < -0.39 is 0 Å². The molecule has 5 nitrogen and oxygen atoms in total. The van der Waals surface area contributed by atoms with Crippen LogP contribution in [0.15, 0.2) is 42.5 Å². The highest BCUT2D eigenvalue weighted by molar-refractivity contribution is 5.77. The molecule has 1 aliphatic rings. The summed E-state index contributed by atoms with van der Waals surface area (Å²) in [6, 6.07) is 14.1. The number of hydrogen-bond donors (Lipinski definition) is 1. The van der Waals surface area contributed by atoms with Crippen molar-refractivity contribution in [3.63, 3.8) is 0 Å². The molecular formula is C21H26N2O3. The first kappa shape index (κ1) is 18.3. The minimum Gasteiger partial charge on any atom is -0.493 e. The van der Waals surface area contributed by atoms with Crippen LogP contribution in [0.5, 0.6) is 11.5 Å². The summed E-state index contributed by atoms with van der Waals surface area (Å²) in [5.41, 5.74) is 3.53. The molecular weight excluding hydrogens is 328 g/mol. The van der Waals surface area contributed by atoms with Gasteiger partial charge in [0.05, 0.1) is 12.6 Å². The normalized spacial score (nSPS) is 13.8. The van der Waals surface area contributed by atoms with E-state index in [4.69, 9.17) is 9.47 Å². The topological polar surface area (TPSA) is 50.8 Å². The molecule has 0 radical (unpaired) electrons. The van der Waals surface area contributed by atoms with E-state index in [-0.39, 0.29) is 18.6 Å². The number of ether oxygens (including phenoxy) is 2. The minimum atomic E-state index is -0.122. The maximum Gasteiger partial charge on any atom is 0.258 e. The van der Waals surface area contributed by atoms with Crippen molar-refractivity contribution in [3.05, 3.63) is 59.2 Å². The van der Waals surface area contributed by atoms with Gasteiger partial charge in [0.15, 0.2) is 6.61 Å². The van der Waals surface area contributed by atoms with Crippen LogP contribution in [0.3, 0.4) is 0 Å². The Bertz CT molecular complexity index is 774. The minimum absolute atomic E-state index is 0.0155. The first-order valence-corrected chi connectivity index (χ1v) is 8.91. The Morgan fingerprint density at radius 3 is 2.88 bits per heavy atom. The molecule has 0 saturated heterocycles. The van der Waals surface area contributed by atoms with Crippen LogP contribution in [0.4, 0.5) is 0 Å². The van der Waals surface area contributed by atoms with Crippen molar-refractivity contribution in [1.82, 2.24) is 10.2 Å². The van der Waals surface area contributed by atoms with Crippen LogP contribution in [-0.4, -0.2) is 44.7 Å². The van der Waals surface area contributed by atoms with E-state index in [9.17, 15) is 4.79 Å². The molecule has 26 heavy (non-hydrogen) atoms. The van der Waals surface area contributed by atoms with Gasteiger partial charge in [0.25, 0.3) is 5.91 Å². The van der Waals surface area contributed by atoms with Gasteiger partial charge >= 0.3 is 0 Å². The molecule has 1 atom stereocenters. The first-order chi connectivity index (χ1) is 12.5. The quantitative estimate of drug-likeness (QED) is 0.831. The van der Waals surface area contributed by atoms with E-state index >= 15 is 0 Å². The van der Waals surface area contributed by atoms with Crippen molar-refractivity contribution < 1.29 is 14.3 Å². The Balaban J connectivity index is 1.56. The average Bonchev–Trinajstić information content (AvgIpc) is 3.08. The molecule has 0 aliphatic carbocycles. The third-order valence-electron chi connectivity index (χ3n) is 4.57. The lowest BCUT2D eigenvalue weighted by Crippen LogP contribution is -2.36. The molecule has 1 amide bonds. The number of carbonyl (C=O) groups is 1. The van der Waals surface area contributed by atoms with Gasteiger partial charge in [-0.05, 0) is 55.9 Å². The van der Waals surface area contributed by atoms with E-state index in [0.717, 1.165) is 24.3 Å². The smallest absolute Gasteiger partial charge is 0.258 e. The summed E-state index contributed by atoms with van der Waals surface area (Å²) in [6.07, 6.45) is 0.944. The molecule has 5 heteroatoms. The summed E-state index contributed by atoms with van der Waals surface area (Å²) in [4.78, 5) is 14.3.